The van der Waals surface area contributed by atoms with Gasteiger partial charge in [-0.1, -0.05) is 29.3 Å². The normalized spacial score (nSPS) is 12.1. The van der Waals surface area contributed by atoms with Gasteiger partial charge in [0.2, 0.25) is 11.6 Å². The zero-order chi connectivity index (χ0) is 17.9. The molecule has 0 aliphatic heterocycles. The van der Waals surface area contributed by atoms with E-state index in [1.165, 1.54) is 12.1 Å². The molecule has 10 heteroatoms. The fourth-order valence-corrected chi connectivity index (χ4v) is 2.05. The second kappa shape index (κ2) is 7.87. The highest BCUT2D eigenvalue weighted by Gasteiger charge is 2.21. The minimum atomic E-state index is -1.80. The molecular weight excluding hydrogens is 375 g/mol. The summed E-state index contributed by atoms with van der Waals surface area (Å²) in [5.41, 5.74) is -1.07. The number of anilines is 1. The fourth-order valence-electron chi connectivity index (χ4n) is 1.70. The largest absolute Gasteiger partial charge is 0.489 e. The molecule has 1 atom stereocenters. The predicted octanol–water partition coefficient (Wildman–Crippen LogP) is 3.80. The maximum Gasteiger partial charge on any atom is 0.253 e. The summed E-state index contributed by atoms with van der Waals surface area (Å²) in [6, 6.07) is 4.61. The van der Waals surface area contributed by atoms with Crippen LogP contribution >= 0.6 is 23.2 Å². The Morgan fingerprint density at radius 2 is 1.75 bits per heavy atom. The maximum atomic E-state index is 13.4. The van der Waals surface area contributed by atoms with E-state index in [4.69, 9.17) is 27.9 Å². The molecule has 4 nitrogen and oxygen atoms in total. The maximum absolute atomic E-state index is 13.4. The Bertz CT molecular complexity index is 723. The van der Waals surface area contributed by atoms with Crippen LogP contribution in [0.2, 0.25) is 10.0 Å². The van der Waals surface area contributed by atoms with Crippen molar-refractivity contribution >= 4 is 28.9 Å². The van der Waals surface area contributed by atoms with Crippen LogP contribution in [0.15, 0.2) is 18.2 Å². The molecule has 2 N–H and O–H groups in total. The lowest BCUT2D eigenvalue weighted by atomic mass is 10.3. The summed E-state index contributed by atoms with van der Waals surface area (Å²) < 4.78 is 57.9. The molecule has 2 rings (SSSR count). The van der Waals surface area contributed by atoms with Gasteiger partial charge < -0.3 is 15.2 Å². The van der Waals surface area contributed by atoms with Gasteiger partial charge in [-0.05, 0) is 12.1 Å². The van der Waals surface area contributed by atoms with Gasteiger partial charge in [-0.15, -0.1) is 0 Å². The number of ether oxygens (including phenoxy) is 1. The zero-order valence-corrected chi connectivity index (χ0v) is 13.3. The highest BCUT2D eigenvalue weighted by Crippen LogP contribution is 2.31. The lowest BCUT2D eigenvalue weighted by Crippen LogP contribution is -2.27. The number of aliphatic hydroxyl groups excluding tert-OH is 1. The number of nitrogens with one attached hydrogen (secondary N) is 1. The quantitative estimate of drug-likeness (QED) is 0.587. The summed E-state index contributed by atoms with van der Waals surface area (Å²) in [5.74, 6) is -6.79. The molecule has 0 spiro atoms. The molecule has 0 saturated carbocycles. The molecule has 1 heterocycles. The van der Waals surface area contributed by atoms with Gasteiger partial charge >= 0.3 is 0 Å². The third-order valence-electron chi connectivity index (χ3n) is 2.86. The second-order valence-electron chi connectivity index (χ2n) is 4.59. The summed E-state index contributed by atoms with van der Waals surface area (Å²) in [6.07, 6.45) is -1.27. The zero-order valence-electron chi connectivity index (χ0n) is 11.8. The smallest absolute Gasteiger partial charge is 0.253 e. The van der Waals surface area contributed by atoms with E-state index in [2.05, 4.69) is 10.3 Å². The van der Waals surface area contributed by atoms with Crippen molar-refractivity contribution in [3.8, 4) is 5.75 Å². The number of halogens is 6. The first-order valence-corrected chi connectivity index (χ1v) is 7.25. The van der Waals surface area contributed by atoms with Gasteiger partial charge in [-0.2, -0.15) is 22.5 Å². The SMILES string of the molecule is OC(CNc1c(F)c(F)nc(F)c1F)COc1cccc(Cl)c1Cl. The Kier molecular flexibility index (Phi) is 6.09. The third-order valence-corrected chi connectivity index (χ3v) is 3.66. The number of benzene rings is 1. The van der Waals surface area contributed by atoms with Crippen molar-refractivity contribution in [3.63, 3.8) is 0 Å². The predicted molar refractivity (Wildman–Crippen MR) is 80.5 cm³/mol. The van der Waals surface area contributed by atoms with Crippen molar-refractivity contribution in [3.05, 3.63) is 51.8 Å². The van der Waals surface area contributed by atoms with Crippen molar-refractivity contribution in [2.24, 2.45) is 0 Å². The standard InChI is InChI=1S/C14H10Cl2F4N2O2/c15-7-2-1-3-8(9(7)16)24-5-6(23)4-21-12-10(17)13(19)22-14(20)11(12)18/h1-3,6,23H,4-5H2,(H,21,22). The van der Waals surface area contributed by atoms with E-state index in [-0.39, 0.29) is 22.4 Å². The number of hydrogen-bond donors (Lipinski definition) is 2. The van der Waals surface area contributed by atoms with Crippen LogP contribution in [0.4, 0.5) is 23.2 Å². The first-order valence-electron chi connectivity index (χ1n) is 6.50. The van der Waals surface area contributed by atoms with E-state index >= 15 is 0 Å². The summed E-state index contributed by atoms with van der Waals surface area (Å²) >= 11 is 11.7. The molecule has 24 heavy (non-hydrogen) atoms. The van der Waals surface area contributed by atoms with E-state index in [1.54, 1.807) is 6.07 Å². The van der Waals surface area contributed by atoms with Crippen molar-refractivity contribution in [2.45, 2.75) is 6.10 Å². The van der Waals surface area contributed by atoms with Crippen LogP contribution in [0.5, 0.6) is 5.75 Å². The molecule has 130 valence electrons. The topological polar surface area (TPSA) is 54.4 Å². The third kappa shape index (κ3) is 4.19. The average molecular weight is 385 g/mol. The number of nitrogens with zero attached hydrogens (tertiary/aromatic N) is 1. The van der Waals surface area contributed by atoms with Crippen molar-refractivity contribution < 1.29 is 27.4 Å². The number of aromatic nitrogens is 1. The van der Waals surface area contributed by atoms with Gasteiger partial charge in [0.1, 0.15) is 29.2 Å². The number of rotatable bonds is 6. The molecule has 0 aliphatic rings. The molecule has 1 aromatic carbocycles. The van der Waals surface area contributed by atoms with E-state index in [0.29, 0.717) is 0 Å². The van der Waals surface area contributed by atoms with Gasteiger partial charge in [-0.25, -0.2) is 0 Å². The van der Waals surface area contributed by atoms with Crippen LogP contribution in [0, 0.1) is 23.5 Å². The summed E-state index contributed by atoms with van der Waals surface area (Å²) in [7, 11) is 0. The van der Waals surface area contributed by atoms with Crippen LogP contribution < -0.4 is 10.1 Å². The van der Waals surface area contributed by atoms with Gasteiger partial charge in [0, 0.05) is 6.54 Å². The Morgan fingerprint density at radius 1 is 1.12 bits per heavy atom. The molecule has 0 bridgehead atoms. The molecule has 0 amide bonds. The molecule has 0 radical (unpaired) electrons. The van der Waals surface area contributed by atoms with Crippen molar-refractivity contribution in [2.75, 3.05) is 18.5 Å². The molecule has 2 aromatic rings. The number of aliphatic hydroxyl groups is 1. The fraction of sp³-hybridized carbons (Fsp3) is 0.214. The molecule has 1 unspecified atom stereocenters. The minimum Gasteiger partial charge on any atom is -0.489 e. The summed E-state index contributed by atoms with van der Waals surface area (Å²) in [6.45, 7) is -0.763. The minimum absolute atomic E-state index is 0.134. The summed E-state index contributed by atoms with van der Waals surface area (Å²) in [4.78, 5) is 2.42. The molecule has 0 saturated heterocycles. The van der Waals surface area contributed by atoms with Crippen LogP contribution in [-0.2, 0) is 0 Å². The van der Waals surface area contributed by atoms with Gasteiger partial charge in [0.05, 0.1) is 5.02 Å². The molecule has 0 aliphatic carbocycles. The average Bonchev–Trinajstić information content (AvgIpc) is 2.54. The highest BCUT2D eigenvalue weighted by molar-refractivity contribution is 6.42. The molecular formula is C14H10Cl2F4N2O2. The molecule has 1 aromatic heterocycles. The Balaban J connectivity index is 1.97. The van der Waals surface area contributed by atoms with Gasteiger partial charge in [0.15, 0.2) is 0 Å². The van der Waals surface area contributed by atoms with Crippen LogP contribution in [0.3, 0.4) is 0 Å². The number of pyridine rings is 1. The van der Waals surface area contributed by atoms with Crippen LogP contribution in [0.1, 0.15) is 0 Å². The first-order chi connectivity index (χ1) is 11.3. The van der Waals surface area contributed by atoms with Crippen LogP contribution in [0.25, 0.3) is 0 Å². The Hall–Kier alpha value is -1.77. The van der Waals surface area contributed by atoms with Crippen molar-refractivity contribution in [1.29, 1.82) is 0 Å². The van der Waals surface area contributed by atoms with Crippen molar-refractivity contribution in [1.82, 2.24) is 4.98 Å². The van der Waals surface area contributed by atoms with E-state index in [9.17, 15) is 22.7 Å². The second-order valence-corrected chi connectivity index (χ2v) is 5.38. The Morgan fingerprint density at radius 3 is 2.38 bits per heavy atom. The highest BCUT2D eigenvalue weighted by atomic mass is 35.5. The van der Waals surface area contributed by atoms with E-state index in [1.807, 2.05) is 0 Å². The van der Waals surface area contributed by atoms with Gasteiger partial charge in [-0.3, -0.25) is 0 Å². The summed E-state index contributed by atoms with van der Waals surface area (Å²) in [5, 5.41) is 12.2. The first kappa shape index (κ1) is 18.6. The van der Waals surface area contributed by atoms with E-state index < -0.39 is 41.9 Å². The monoisotopic (exact) mass is 384 g/mol. The van der Waals surface area contributed by atoms with Gasteiger partial charge in [0.25, 0.3) is 11.9 Å². The number of hydrogen-bond acceptors (Lipinski definition) is 4. The van der Waals surface area contributed by atoms with E-state index in [0.717, 1.165) is 0 Å². The van der Waals surface area contributed by atoms with Crippen LogP contribution in [-0.4, -0.2) is 29.3 Å². The Labute approximate surface area is 144 Å². The lowest BCUT2D eigenvalue weighted by Gasteiger charge is -2.15. The lowest BCUT2D eigenvalue weighted by molar-refractivity contribution is 0.117. The molecule has 0 fully saturated rings.